The zero-order chi connectivity index (χ0) is 17.3. The van der Waals surface area contributed by atoms with E-state index in [1.807, 2.05) is 0 Å². The van der Waals surface area contributed by atoms with Gasteiger partial charge in [0.25, 0.3) is 5.69 Å². The average Bonchev–Trinajstić information content (AvgIpc) is 3.04. The van der Waals surface area contributed by atoms with Crippen molar-refractivity contribution in [2.45, 2.75) is 0 Å². The number of fused-ring (bicyclic) bond motifs is 1. The number of aromatic nitrogens is 2. The van der Waals surface area contributed by atoms with Gasteiger partial charge in [-0.05, 0) is 12.1 Å². The van der Waals surface area contributed by atoms with Crippen molar-refractivity contribution in [1.82, 2.24) is 9.38 Å². The first kappa shape index (κ1) is 15.6. The van der Waals surface area contributed by atoms with E-state index in [1.165, 1.54) is 28.9 Å². The van der Waals surface area contributed by atoms with Crippen molar-refractivity contribution in [1.29, 1.82) is 0 Å². The van der Waals surface area contributed by atoms with Crippen LogP contribution in [0.25, 0.3) is 16.2 Å². The van der Waals surface area contributed by atoms with Gasteiger partial charge >= 0.3 is 0 Å². The van der Waals surface area contributed by atoms with Crippen molar-refractivity contribution in [2.75, 3.05) is 0 Å². The minimum absolute atomic E-state index is 0.0402. The normalized spacial score (nSPS) is 11.2. The Morgan fingerprint density at radius 2 is 2.08 bits per heavy atom. The van der Waals surface area contributed by atoms with Gasteiger partial charge in [0.1, 0.15) is 0 Å². The summed E-state index contributed by atoms with van der Waals surface area (Å²) in [6.07, 6.45) is 2.60. The third-order valence-electron chi connectivity index (χ3n) is 3.04. The van der Waals surface area contributed by atoms with Crippen LogP contribution in [0.1, 0.15) is 5.69 Å². The molecule has 11 heteroatoms. The third-order valence-corrected chi connectivity index (χ3v) is 3.81. The SMILES string of the molecule is NC(N)=N/N=C/c1c(-c2ccc([N+](=O)[O-])cc2)nc2sc(F)cn12. The molecule has 0 saturated heterocycles. The molecule has 0 aliphatic rings. The molecule has 4 N–H and O–H groups in total. The van der Waals surface area contributed by atoms with Crippen LogP contribution in [0.15, 0.2) is 40.7 Å². The minimum atomic E-state index is -0.494. The van der Waals surface area contributed by atoms with Crippen molar-refractivity contribution in [3.8, 4) is 11.3 Å². The molecule has 24 heavy (non-hydrogen) atoms. The van der Waals surface area contributed by atoms with E-state index < -0.39 is 10.1 Å². The number of nitrogens with two attached hydrogens (primary N) is 2. The highest BCUT2D eigenvalue weighted by Gasteiger charge is 2.16. The van der Waals surface area contributed by atoms with Gasteiger partial charge in [-0.1, -0.05) is 11.3 Å². The van der Waals surface area contributed by atoms with Crippen LogP contribution in [-0.2, 0) is 0 Å². The summed E-state index contributed by atoms with van der Waals surface area (Å²) in [4.78, 5) is 15.0. The number of non-ortho nitro benzene ring substituents is 1. The standard InChI is InChI=1S/C13H10FN7O2S/c14-10-6-20-9(5-17-19-12(15)16)11(18-13(20)24-10)7-1-3-8(4-2-7)21(22)23/h1-6H,(H4,15,16,19)/b17-5+. The van der Waals surface area contributed by atoms with Crippen molar-refractivity contribution in [3.05, 3.63) is 51.4 Å². The van der Waals surface area contributed by atoms with Gasteiger partial charge in [0.05, 0.1) is 28.7 Å². The third kappa shape index (κ3) is 2.92. The summed E-state index contributed by atoms with van der Waals surface area (Å²) in [7, 11) is 0. The van der Waals surface area contributed by atoms with Crippen LogP contribution >= 0.6 is 11.3 Å². The molecule has 0 spiro atoms. The Morgan fingerprint density at radius 1 is 1.38 bits per heavy atom. The quantitative estimate of drug-likeness (QED) is 0.320. The van der Waals surface area contributed by atoms with E-state index in [2.05, 4.69) is 15.2 Å². The molecule has 3 rings (SSSR count). The molecule has 0 aliphatic carbocycles. The molecule has 9 nitrogen and oxygen atoms in total. The van der Waals surface area contributed by atoms with E-state index in [-0.39, 0.29) is 11.6 Å². The van der Waals surface area contributed by atoms with Crippen molar-refractivity contribution < 1.29 is 9.31 Å². The fourth-order valence-corrected chi connectivity index (χ4v) is 2.78. The highest BCUT2D eigenvalue weighted by Crippen LogP contribution is 2.28. The molecule has 122 valence electrons. The molecule has 0 unspecified atom stereocenters. The Kier molecular flexibility index (Phi) is 3.92. The van der Waals surface area contributed by atoms with Crippen LogP contribution in [0, 0.1) is 15.2 Å². The smallest absolute Gasteiger partial charge is 0.269 e. The predicted octanol–water partition coefficient (Wildman–Crippen LogP) is 1.72. The zero-order valence-electron chi connectivity index (χ0n) is 12.0. The summed E-state index contributed by atoms with van der Waals surface area (Å²) in [6, 6.07) is 5.83. The van der Waals surface area contributed by atoms with Crippen molar-refractivity contribution in [2.24, 2.45) is 21.7 Å². The van der Waals surface area contributed by atoms with Gasteiger partial charge in [-0.15, -0.1) is 5.10 Å². The lowest BCUT2D eigenvalue weighted by Crippen LogP contribution is -2.21. The summed E-state index contributed by atoms with van der Waals surface area (Å²) in [5.74, 6) is -0.222. The number of thiazole rings is 1. The molecule has 2 heterocycles. The fraction of sp³-hybridized carbons (Fsp3) is 0. The highest BCUT2D eigenvalue weighted by atomic mass is 32.1. The number of rotatable bonds is 4. The molecule has 2 aromatic heterocycles. The predicted molar refractivity (Wildman–Crippen MR) is 88.5 cm³/mol. The number of benzene rings is 1. The van der Waals surface area contributed by atoms with Crippen LogP contribution < -0.4 is 11.5 Å². The van der Waals surface area contributed by atoms with E-state index in [4.69, 9.17) is 11.5 Å². The van der Waals surface area contributed by atoms with Crippen LogP contribution in [0.2, 0.25) is 0 Å². The Bertz CT molecular complexity index is 970. The summed E-state index contributed by atoms with van der Waals surface area (Å²) < 4.78 is 14.9. The van der Waals surface area contributed by atoms with E-state index in [0.717, 1.165) is 11.3 Å². The van der Waals surface area contributed by atoms with Gasteiger partial charge in [0.2, 0.25) is 5.96 Å². The van der Waals surface area contributed by atoms with E-state index in [0.29, 0.717) is 21.9 Å². The highest BCUT2D eigenvalue weighted by molar-refractivity contribution is 7.15. The summed E-state index contributed by atoms with van der Waals surface area (Å²) in [6.45, 7) is 0. The molecule has 1 aromatic carbocycles. The maximum atomic E-state index is 13.4. The van der Waals surface area contributed by atoms with Crippen LogP contribution in [0.3, 0.4) is 0 Å². The van der Waals surface area contributed by atoms with Crippen molar-refractivity contribution in [3.63, 3.8) is 0 Å². The number of guanidine groups is 1. The fourth-order valence-electron chi connectivity index (χ4n) is 2.06. The number of nitrogens with zero attached hydrogens (tertiary/aromatic N) is 5. The Balaban J connectivity index is 2.12. The van der Waals surface area contributed by atoms with Gasteiger partial charge in [-0.3, -0.25) is 14.5 Å². The molecule has 0 atom stereocenters. The number of imidazole rings is 1. The van der Waals surface area contributed by atoms with Gasteiger partial charge in [0.15, 0.2) is 10.1 Å². The lowest BCUT2D eigenvalue weighted by molar-refractivity contribution is -0.384. The number of nitro groups is 1. The summed E-state index contributed by atoms with van der Waals surface area (Å²) in [5, 5.41) is 17.6. The second kappa shape index (κ2) is 6.04. The first-order chi connectivity index (χ1) is 11.5. The average molecular weight is 347 g/mol. The monoisotopic (exact) mass is 347 g/mol. The lowest BCUT2D eigenvalue weighted by atomic mass is 10.1. The molecule has 0 saturated carbocycles. The molecule has 0 amide bonds. The molecule has 0 bridgehead atoms. The maximum Gasteiger partial charge on any atom is 0.269 e. The second-order valence-electron chi connectivity index (χ2n) is 4.61. The first-order valence-corrected chi connectivity index (χ1v) is 7.31. The second-order valence-corrected chi connectivity index (χ2v) is 5.57. The minimum Gasteiger partial charge on any atom is -0.369 e. The molecular formula is C13H10FN7O2S. The zero-order valence-corrected chi connectivity index (χ0v) is 12.8. The van der Waals surface area contributed by atoms with E-state index in [9.17, 15) is 14.5 Å². The molecule has 0 radical (unpaired) electrons. The number of halogens is 1. The molecule has 3 aromatic rings. The maximum absolute atomic E-state index is 13.4. The van der Waals surface area contributed by atoms with Crippen LogP contribution in [0.4, 0.5) is 10.1 Å². The number of nitro benzene ring substituents is 1. The topological polar surface area (TPSA) is 137 Å². The van der Waals surface area contributed by atoms with E-state index in [1.54, 1.807) is 12.1 Å². The largest absolute Gasteiger partial charge is 0.369 e. The van der Waals surface area contributed by atoms with Gasteiger partial charge in [0, 0.05) is 17.7 Å². The first-order valence-electron chi connectivity index (χ1n) is 6.50. The van der Waals surface area contributed by atoms with Crippen LogP contribution in [-0.4, -0.2) is 26.5 Å². The Hall–Kier alpha value is -3.34. The van der Waals surface area contributed by atoms with Gasteiger partial charge in [-0.25, -0.2) is 4.98 Å². The molecular weight excluding hydrogens is 337 g/mol. The van der Waals surface area contributed by atoms with Crippen LogP contribution in [0.5, 0.6) is 0 Å². The molecule has 0 fully saturated rings. The molecule has 0 aliphatic heterocycles. The van der Waals surface area contributed by atoms with Gasteiger partial charge in [-0.2, -0.15) is 9.49 Å². The Labute approximate surface area is 137 Å². The van der Waals surface area contributed by atoms with E-state index >= 15 is 0 Å². The number of hydrogen-bond donors (Lipinski definition) is 2. The summed E-state index contributed by atoms with van der Waals surface area (Å²) in [5.41, 5.74) is 11.9. The number of hydrogen-bond acceptors (Lipinski definition) is 6. The van der Waals surface area contributed by atoms with Gasteiger partial charge < -0.3 is 11.5 Å². The Morgan fingerprint density at radius 3 is 2.71 bits per heavy atom. The van der Waals surface area contributed by atoms with Crippen molar-refractivity contribution >= 4 is 34.2 Å². The lowest BCUT2D eigenvalue weighted by Gasteiger charge is -1.99. The summed E-state index contributed by atoms with van der Waals surface area (Å²) >= 11 is 0.860.